The summed E-state index contributed by atoms with van der Waals surface area (Å²) in [5, 5.41) is 3.26. The quantitative estimate of drug-likeness (QED) is 0.291. The average molecular weight is 269 g/mol. The number of hydrogen-bond acceptors (Lipinski definition) is 4. The molecule has 0 aromatic rings. The number of hydrazine groups is 1. The largest absolute Gasteiger partial charge is 0.383 e. The summed E-state index contributed by atoms with van der Waals surface area (Å²) in [6, 6.07) is 1.17. The summed E-state index contributed by atoms with van der Waals surface area (Å²) in [5.74, 6) is 6.25. The third-order valence-electron chi connectivity index (χ3n) is 4.05. The third kappa shape index (κ3) is 3.81. The summed E-state index contributed by atoms with van der Waals surface area (Å²) in [5.41, 5.74) is 2.68. The molecule has 0 saturated carbocycles. The summed E-state index contributed by atoms with van der Waals surface area (Å²) in [6.07, 6.45) is 5.06. The molecule has 2 fully saturated rings. The van der Waals surface area contributed by atoms with Crippen molar-refractivity contribution in [2.45, 2.75) is 50.7 Å². The zero-order valence-electron chi connectivity index (χ0n) is 12.1. The molecule has 0 radical (unpaired) electrons. The lowest BCUT2D eigenvalue weighted by Crippen LogP contribution is -2.48. The minimum Gasteiger partial charge on any atom is -0.383 e. The van der Waals surface area contributed by atoms with Crippen LogP contribution in [0, 0.1) is 0 Å². The van der Waals surface area contributed by atoms with Crippen molar-refractivity contribution in [1.29, 1.82) is 0 Å². The SMILES string of the molecule is COCC(C)NC(=NC1CCN2CCCCC12)NN. The van der Waals surface area contributed by atoms with Gasteiger partial charge < -0.3 is 10.1 Å². The minimum absolute atomic E-state index is 0.198. The summed E-state index contributed by atoms with van der Waals surface area (Å²) in [4.78, 5) is 7.35. The lowest BCUT2D eigenvalue weighted by Gasteiger charge is -2.31. The first-order valence-electron chi connectivity index (χ1n) is 7.28. The highest BCUT2D eigenvalue weighted by molar-refractivity contribution is 5.79. The number of nitrogens with zero attached hydrogens (tertiary/aromatic N) is 2. The van der Waals surface area contributed by atoms with Gasteiger partial charge in [0.25, 0.3) is 0 Å². The van der Waals surface area contributed by atoms with Crippen LogP contribution in [0.3, 0.4) is 0 Å². The van der Waals surface area contributed by atoms with Crippen molar-refractivity contribution in [3.8, 4) is 0 Å². The number of aliphatic imine (C=N–C) groups is 1. The summed E-state index contributed by atoms with van der Waals surface area (Å²) in [6.45, 7) is 5.10. The Balaban J connectivity index is 1.93. The van der Waals surface area contributed by atoms with Gasteiger partial charge in [-0.05, 0) is 32.7 Å². The number of rotatable bonds is 4. The highest BCUT2D eigenvalue weighted by Crippen LogP contribution is 2.28. The molecule has 6 heteroatoms. The van der Waals surface area contributed by atoms with Crippen LogP contribution in [0.4, 0.5) is 0 Å². The average Bonchev–Trinajstić information content (AvgIpc) is 2.82. The van der Waals surface area contributed by atoms with E-state index in [9.17, 15) is 0 Å². The van der Waals surface area contributed by atoms with Crippen molar-refractivity contribution < 1.29 is 4.74 Å². The Morgan fingerprint density at radius 1 is 1.42 bits per heavy atom. The van der Waals surface area contributed by atoms with E-state index in [4.69, 9.17) is 15.6 Å². The number of nitrogens with one attached hydrogen (secondary N) is 2. The second kappa shape index (κ2) is 7.07. The number of guanidine groups is 1. The van der Waals surface area contributed by atoms with Gasteiger partial charge in [-0.25, -0.2) is 10.8 Å². The van der Waals surface area contributed by atoms with E-state index in [0.717, 1.165) is 6.42 Å². The van der Waals surface area contributed by atoms with Crippen molar-refractivity contribution >= 4 is 5.96 Å². The number of methoxy groups -OCH3 is 1. The van der Waals surface area contributed by atoms with E-state index >= 15 is 0 Å². The summed E-state index contributed by atoms with van der Waals surface area (Å²) < 4.78 is 5.11. The highest BCUT2D eigenvalue weighted by Gasteiger charge is 2.35. The molecular formula is C13H27N5O. The molecule has 3 atom stereocenters. The molecule has 110 valence electrons. The molecule has 0 amide bonds. The molecule has 19 heavy (non-hydrogen) atoms. The molecule has 2 aliphatic heterocycles. The molecule has 0 spiro atoms. The van der Waals surface area contributed by atoms with Gasteiger partial charge in [-0.3, -0.25) is 10.3 Å². The molecule has 3 unspecified atom stereocenters. The summed E-state index contributed by atoms with van der Waals surface area (Å²) in [7, 11) is 1.70. The topological polar surface area (TPSA) is 74.9 Å². The molecule has 0 aromatic heterocycles. The van der Waals surface area contributed by atoms with Crippen molar-refractivity contribution in [2.75, 3.05) is 26.8 Å². The predicted molar refractivity (Wildman–Crippen MR) is 76.8 cm³/mol. The Morgan fingerprint density at radius 3 is 3.00 bits per heavy atom. The Bertz CT molecular complexity index is 309. The number of fused-ring (bicyclic) bond motifs is 1. The van der Waals surface area contributed by atoms with Crippen molar-refractivity contribution in [3.05, 3.63) is 0 Å². The van der Waals surface area contributed by atoms with Crippen molar-refractivity contribution in [1.82, 2.24) is 15.6 Å². The first-order chi connectivity index (χ1) is 9.24. The van der Waals surface area contributed by atoms with Gasteiger partial charge in [0.2, 0.25) is 5.96 Å². The highest BCUT2D eigenvalue weighted by atomic mass is 16.5. The van der Waals surface area contributed by atoms with Gasteiger partial charge in [-0.15, -0.1) is 0 Å². The first-order valence-corrected chi connectivity index (χ1v) is 7.28. The second-order valence-electron chi connectivity index (χ2n) is 5.58. The Hall–Kier alpha value is -0.850. The molecule has 2 saturated heterocycles. The number of hydrogen-bond donors (Lipinski definition) is 3. The molecule has 0 aromatic carbocycles. The van der Waals surface area contributed by atoms with E-state index in [1.54, 1.807) is 7.11 Å². The molecule has 2 rings (SSSR count). The van der Waals surface area contributed by atoms with E-state index in [-0.39, 0.29) is 6.04 Å². The van der Waals surface area contributed by atoms with Crippen molar-refractivity contribution in [3.63, 3.8) is 0 Å². The van der Waals surface area contributed by atoms with E-state index in [1.807, 2.05) is 0 Å². The Kier molecular flexibility index (Phi) is 5.42. The van der Waals surface area contributed by atoms with Gasteiger partial charge in [0.15, 0.2) is 0 Å². The Morgan fingerprint density at radius 2 is 2.26 bits per heavy atom. The lowest BCUT2D eigenvalue weighted by atomic mass is 9.99. The predicted octanol–water partition coefficient (Wildman–Crippen LogP) is 0.0570. The zero-order valence-corrected chi connectivity index (χ0v) is 12.1. The minimum atomic E-state index is 0.198. The first kappa shape index (κ1) is 14.6. The van der Waals surface area contributed by atoms with Gasteiger partial charge in [-0.2, -0.15) is 0 Å². The molecule has 2 heterocycles. The van der Waals surface area contributed by atoms with Crippen LogP contribution < -0.4 is 16.6 Å². The normalized spacial score (nSPS) is 29.9. The number of nitrogens with two attached hydrogens (primary N) is 1. The fourth-order valence-electron chi connectivity index (χ4n) is 3.18. The molecule has 0 bridgehead atoms. The van der Waals surface area contributed by atoms with Crippen LogP contribution in [-0.4, -0.2) is 55.8 Å². The van der Waals surface area contributed by atoms with Crippen LogP contribution in [0.25, 0.3) is 0 Å². The summed E-state index contributed by atoms with van der Waals surface area (Å²) >= 11 is 0. The zero-order chi connectivity index (χ0) is 13.7. The third-order valence-corrected chi connectivity index (χ3v) is 4.05. The van der Waals surface area contributed by atoms with Gasteiger partial charge in [0.05, 0.1) is 12.6 Å². The van der Waals surface area contributed by atoms with Gasteiger partial charge in [0.1, 0.15) is 0 Å². The maximum Gasteiger partial charge on any atom is 0.206 e. The smallest absolute Gasteiger partial charge is 0.206 e. The van der Waals surface area contributed by atoms with E-state index in [2.05, 4.69) is 22.6 Å². The van der Waals surface area contributed by atoms with Crippen LogP contribution in [0.5, 0.6) is 0 Å². The molecule has 6 nitrogen and oxygen atoms in total. The van der Waals surface area contributed by atoms with Crippen molar-refractivity contribution in [2.24, 2.45) is 10.8 Å². The van der Waals surface area contributed by atoms with Crippen LogP contribution >= 0.6 is 0 Å². The van der Waals surface area contributed by atoms with E-state index in [1.165, 1.54) is 32.4 Å². The maximum atomic E-state index is 5.57. The molecule has 0 aliphatic carbocycles. The number of piperidine rings is 1. The van der Waals surface area contributed by atoms with Gasteiger partial charge in [-0.1, -0.05) is 6.42 Å². The second-order valence-corrected chi connectivity index (χ2v) is 5.58. The molecule has 2 aliphatic rings. The van der Waals surface area contributed by atoms with E-state index in [0.29, 0.717) is 24.7 Å². The van der Waals surface area contributed by atoms with Gasteiger partial charge in [0, 0.05) is 25.7 Å². The standard InChI is InChI=1S/C13H27N5O/c1-10(9-19-2)15-13(17-14)16-11-6-8-18-7-4-3-5-12(11)18/h10-12H,3-9,14H2,1-2H3,(H2,15,16,17). The van der Waals surface area contributed by atoms with Crippen LogP contribution in [0.2, 0.25) is 0 Å². The van der Waals surface area contributed by atoms with E-state index < -0.39 is 0 Å². The molecular weight excluding hydrogens is 242 g/mol. The van der Waals surface area contributed by atoms with Crippen LogP contribution in [0.1, 0.15) is 32.6 Å². The number of ether oxygens (including phenoxy) is 1. The Labute approximate surface area is 115 Å². The molecule has 4 N–H and O–H groups in total. The maximum absolute atomic E-state index is 5.57. The monoisotopic (exact) mass is 269 g/mol. The van der Waals surface area contributed by atoms with Gasteiger partial charge >= 0.3 is 0 Å². The fourth-order valence-corrected chi connectivity index (χ4v) is 3.18. The lowest BCUT2D eigenvalue weighted by molar-refractivity contribution is 0.178. The van der Waals surface area contributed by atoms with Crippen LogP contribution in [-0.2, 0) is 4.74 Å². The van der Waals surface area contributed by atoms with Crippen LogP contribution in [0.15, 0.2) is 4.99 Å². The fraction of sp³-hybridized carbons (Fsp3) is 0.923.